The van der Waals surface area contributed by atoms with Crippen LogP contribution in [0.15, 0.2) is 42.6 Å². The molecule has 1 N–H and O–H groups in total. The number of rotatable bonds is 1. The van der Waals surface area contributed by atoms with E-state index >= 15 is 0 Å². The van der Waals surface area contributed by atoms with Crippen molar-refractivity contribution >= 4 is 0 Å². The van der Waals surface area contributed by atoms with Gasteiger partial charge in [0.15, 0.2) is 5.75 Å². The molecule has 1 aliphatic rings. The zero-order valence-electron chi connectivity index (χ0n) is 9.06. The Morgan fingerprint density at radius 2 is 2.24 bits per heavy atom. The minimum absolute atomic E-state index is 0.0366. The SMILES string of the molecule is Fc1ccc2c(c1)CC(c1ccccn1)NO2. The number of hydroxylamine groups is 1. The number of aromatic nitrogens is 1. The molecule has 3 nitrogen and oxygen atoms in total. The Bertz CT molecular complexity index is 530. The van der Waals surface area contributed by atoms with Crippen LogP contribution in [0.1, 0.15) is 17.3 Å². The van der Waals surface area contributed by atoms with E-state index in [4.69, 9.17) is 4.84 Å². The zero-order chi connectivity index (χ0) is 11.7. The Hall–Kier alpha value is -1.94. The van der Waals surface area contributed by atoms with E-state index in [9.17, 15) is 4.39 Å². The fourth-order valence-electron chi connectivity index (χ4n) is 1.95. The van der Waals surface area contributed by atoms with Crippen LogP contribution in [0, 0.1) is 5.82 Å². The first kappa shape index (κ1) is 10.2. The molecule has 1 aliphatic heterocycles. The maximum Gasteiger partial charge on any atom is 0.150 e. The normalized spacial score (nSPS) is 18.3. The van der Waals surface area contributed by atoms with E-state index in [1.54, 1.807) is 12.3 Å². The van der Waals surface area contributed by atoms with Crippen LogP contribution < -0.4 is 10.3 Å². The van der Waals surface area contributed by atoms with E-state index in [2.05, 4.69) is 10.5 Å². The molecule has 1 aromatic heterocycles. The number of nitrogens with one attached hydrogen (secondary N) is 1. The zero-order valence-corrected chi connectivity index (χ0v) is 9.06. The van der Waals surface area contributed by atoms with E-state index < -0.39 is 0 Å². The van der Waals surface area contributed by atoms with Gasteiger partial charge >= 0.3 is 0 Å². The summed E-state index contributed by atoms with van der Waals surface area (Å²) in [5.74, 6) is 0.438. The van der Waals surface area contributed by atoms with Crippen LogP contribution >= 0.6 is 0 Å². The first-order valence-electron chi connectivity index (χ1n) is 5.44. The Kier molecular flexibility index (Phi) is 2.49. The Morgan fingerprint density at radius 1 is 1.29 bits per heavy atom. The lowest BCUT2D eigenvalue weighted by Gasteiger charge is -2.25. The molecule has 1 aromatic carbocycles. The third-order valence-electron chi connectivity index (χ3n) is 2.80. The van der Waals surface area contributed by atoms with Crippen molar-refractivity contribution in [1.29, 1.82) is 0 Å². The smallest absolute Gasteiger partial charge is 0.150 e. The molecule has 0 spiro atoms. The minimum atomic E-state index is -0.242. The highest BCUT2D eigenvalue weighted by molar-refractivity contribution is 5.36. The van der Waals surface area contributed by atoms with Crippen molar-refractivity contribution in [3.05, 3.63) is 59.7 Å². The third-order valence-corrected chi connectivity index (χ3v) is 2.80. The number of benzene rings is 1. The summed E-state index contributed by atoms with van der Waals surface area (Å²) >= 11 is 0. The van der Waals surface area contributed by atoms with Crippen LogP contribution in [0.5, 0.6) is 5.75 Å². The van der Waals surface area contributed by atoms with Crippen LogP contribution in [-0.4, -0.2) is 4.98 Å². The third kappa shape index (κ3) is 1.99. The van der Waals surface area contributed by atoms with Crippen LogP contribution in [0.3, 0.4) is 0 Å². The number of nitrogens with zero attached hydrogens (tertiary/aromatic N) is 1. The highest BCUT2D eigenvalue weighted by atomic mass is 19.1. The molecule has 86 valence electrons. The average molecular weight is 230 g/mol. The van der Waals surface area contributed by atoms with Gasteiger partial charge in [0.2, 0.25) is 0 Å². The van der Waals surface area contributed by atoms with Crippen molar-refractivity contribution in [2.75, 3.05) is 0 Å². The van der Waals surface area contributed by atoms with E-state index in [-0.39, 0.29) is 11.9 Å². The molecule has 0 fully saturated rings. The van der Waals surface area contributed by atoms with E-state index in [1.807, 2.05) is 18.2 Å². The van der Waals surface area contributed by atoms with Crippen LogP contribution in [-0.2, 0) is 6.42 Å². The molecule has 1 unspecified atom stereocenters. The van der Waals surface area contributed by atoms with Crippen molar-refractivity contribution < 1.29 is 9.23 Å². The fourth-order valence-corrected chi connectivity index (χ4v) is 1.95. The van der Waals surface area contributed by atoms with E-state index in [1.165, 1.54) is 12.1 Å². The van der Waals surface area contributed by atoms with Gasteiger partial charge in [-0.3, -0.25) is 4.98 Å². The van der Waals surface area contributed by atoms with Gasteiger partial charge in [0.25, 0.3) is 0 Å². The van der Waals surface area contributed by atoms with Crippen molar-refractivity contribution in [3.8, 4) is 5.75 Å². The quantitative estimate of drug-likeness (QED) is 0.816. The lowest BCUT2D eigenvalue weighted by atomic mass is 10.0. The second-order valence-electron chi connectivity index (χ2n) is 3.98. The van der Waals surface area contributed by atoms with Gasteiger partial charge in [-0.15, -0.1) is 5.48 Å². The highest BCUT2D eigenvalue weighted by Crippen LogP contribution is 2.29. The molecule has 0 saturated heterocycles. The molecular weight excluding hydrogens is 219 g/mol. The van der Waals surface area contributed by atoms with Gasteiger partial charge in [0, 0.05) is 18.2 Å². The second kappa shape index (κ2) is 4.14. The summed E-state index contributed by atoms with van der Waals surface area (Å²) in [6.45, 7) is 0. The molecule has 4 heteroatoms. The molecule has 3 rings (SSSR count). The maximum absolute atomic E-state index is 13.1. The predicted octanol–water partition coefficient (Wildman–Crippen LogP) is 2.40. The number of halogens is 1. The Balaban J connectivity index is 1.90. The van der Waals surface area contributed by atoms with Gasteiger partial charge < -0.3 is 4.84 Å². The fraction of sp³-hybridized carbons (Fsp3) is 0.154. The predicted molar refractivity (Wildman–Crippen MR) is 60.8 cm³/mol. The number of hydrogen-bond donors (Lipinski definition) is 1. The summed E-state index contributed by atoms with van der Waals surface area (Å²) in [6, 6.07) is 10.2. The van der Waals surface area contributed by atoms with Crippen molar-refractivity contribution in [2.24, 2.45) is 0 Å². The minimum Gasteiger partial charge on any atom is -0.408 e. The highest BCUT2D eigenvalue weighted by Gasteiger charge is 2.22. The van der Waals surface area contributed by atoms with Crippen LogP contribution in [0.4, 0.5) is 4.39 Å². The summed E-state index contributed by atoms with van der Waals surface area (Å²) < 4.78 is 13.1. The maximum atomic E-state index is 13.1. The van der Waals surface area contributed by atoms with Crippen molar-refractivity contribution in [2.45, 2.75) is 12.5 Å². The van der Waals surface area contributed by atoms with E-state index in [0.717, 1.165) is 11.3 Å². The molecule has 0 aliphatic carbocycles. The molecule has 0 radical (unpaired) electrons. The standard InChI is InChI=1S/C13H11FN2O/c14-10-4-5-13-9(7-10)8-12(16-17-13)11-3-1-2-6-15-11/h1-7,12,16H,8H2. The lowest BCUT2D eigenvalue weighted by molar-refractivity contribution is 0.132. The van der Waals surface area contributed by atoms with Crippen molar-refractivity contribution in [1.82, 2.24) is 10.5 Å². The topological polar surface area (TPSA) is 34.2 Å². The van der Waals surface area contributed by atoms with Gasteiger partial charge in [-0.05, 0) is 30.3 Å². The van der Waals surface area contributed by atoms with Gasteiger partial charge in [0.1, 0.15) is 5.82 Å². The van der Waals surface area contributed by atoms with Gasteiger partial charge in [-0.1, -0.05) is 6.07 Å². The van der Waals surface area contributed by atoms with Crippen LogP contribution in [0.2, 0.25) is 0 Å². The lowest BCUT2D eigenvalue weighted by Crippen LogP contribution is -2.31. The number of hydrogen-bond acceptors (Lipinski definition) is 3. The van der Waals surface area contributed by atoms with Gasteiger partial charge in [0.05, 0.1) is 11.7 Å². The Morgan fingerprint density at radius 3 is 3.06 bits per heavy atom. The molecule has 2 heterocycles. The summed E-state index contributed by atoms with van der Waals surface area (Å²) in [6.07, 6.45) is 2.40. The van der Waals surface area contributed by atoms with Crippen LogP contribution in [0.25, 0.3) is 0 Å². The number of pyridine rings is 1. The van der Waals surface area contributed by atoms with E-state index in [0.29, 0.717) is 12.2 Å². The first-order chi connectivity index (χ1) is 8.33. The molecular formula is C13H11FN2O. The Labute approximate surface area is 98.2 Å². The van der Waals surface area contributed by atoms with Crippen molar-refractivity contribution in [3.63, 3.8) is 0 Å². The largest absolute Gasteiger partial charge is 0.408 e. The molecule has 0 saturated carbocycles. The molecule has 17 heavy (non-hydrogen) atoms. The summed E-state index contributed by atoms with van der Waals surface area (Å²) in [5, 5.41) is 0. The second-order valence-corrected chi connectivity index (χ2v) is 3.98. The van der Waals surface area contributed by atoms with Gasteiger partial charge in [-0.25, -0.2) is 4.39 Å². The summed E-state index contributed by atoms with van der Waals surface area (Å²) in [7, 11) is 0. The molecule has 0 amide bonds. The summed E-state index contributed by atoms with van der Waals surface area (Å²) in [4.78, 5) is 9.65. The molecule has 2 aromatic rings. The molecule has 0 bridgehead atoms. The van der Waals surface area contributed by atoms with Gasteiger partial charge in [-0.2, -0.15) is 0 Å². The monoisotopic (exact) mass is 230 g/mol. The average Bonchev–Trinajstić information content (AvgIpc) is 2.39. The number of fused-ring (bicyclic) bond motifs is 1. The summed E-state index contributed by atoms with van der Waals surface area (Å²) in [5.41, 5.74) is 4.68. The molecule has 1 atom stereocenters. The first-order valence-corrected chi connectivity index (χ1v) is 5.44.